The average Bonchev–Trinajstić information content (AvgIpc) is 3.53. The minimum Gasteiger partial charge on any atom is -0.388 e. The van der Waals surface area contributed by atoms with Crippen LogP contribution in [-0.4, -0.2) is 31.5 Å². The number of fused-ring (bicyclic) bond motifs is 2. The number of hydrogen-bond donors (Lipinski definition) is 1. The summed E-state index contributed by atoms with van der Waals surface area (Å²) in [7, 11) is 0. The van der Waals surface area contributed by atoms with Crippen LogP contribution in [0.1, 0.15) is 35.8 Å². The normalized spacial score (nSPS) is 15.6. The molecule has 2 heterocycles. The molecule has 148 valence electrons. The molecule has 2 aromatic carbocycles. The summed E-state index contributed by atoms with van der Waals surface area (Å²) in [6.07, 6.45) is 3.97. The monoisotopic (exact) mass is 406 g/mol. The van der Waals surface area contributed by atoms with Gasteiger partial charge in [-0.05, 0) is 48.9 Å². The molecule has 1 aromatic heterocycles. The Hall–Kier alpha value is -2.64. The number of thioether (sulfide) groups is 1. The molecule has 0 spiro atoms. The van der Waals surface area contributed by atoms with E-state index in [1.807, 2.05) is 45.9 Å². The highest BCUT2D eigenvalue weighted by atomic mass is 32.2. The maximum atomic E-state index is 13.4. The van der Waals surface area contributed by atoms with Gasteiger partial charge < -0.3 is 9.67 Å². The molecule has 0 bridgehead atoms. The quantitative estimate of drug-likeness (QED) is 0.655. The van der Waals surface area contributed by atoms with Crippen molar-refractivity contribution in [3.63, 3.8) is 0 Å². The van der Waals surface area contributed by atoms with Crippen LogP contribution in [0.15, 0.2) is 53.7 Å². The van der Waals surface area contributed by atoms with Crippen LogP contribution in [0.4, 0.5) is 11.4 Å². The molecule has 6 nitrogen and oxygen atoms in total. The predicted octanol–water partition coefficient (Wildman–Crippen LogP) is 3.66. The van der Waals surface area contributed by atoms with Crippen molar-refractivity contribution in [1.82, 2.24) is 14.8 Å². The number of aromatic nitrogens is 3. The van der Waals surface area contributed by atoms with E-state index in [2.05, 4.69) is 22.3 Å². The number of aryl methyl sites for hydroxylation is 2. The van der Waals surface area contributed by atoms with Crippen LogP contribution >= 0.6 is 11.8 Å². The first kappa shape index (κ1) is 18.4. The Balaban J connectivity index is 1.45. The van der Waals surface area contributed by atoms with E-state index in [1.54, 1.807) is 0 Å². The standard InChI is InChI=1S/C22H22N4O2S/c27-13-20-23-24-22(25(20)17-11-12-17)29-14-21(28)26-18-7-3-1-5-15(18)9-10-16-6-2-4-8-19(16)26/h1-8,17,27H,9-14H2. The number of anilines is 2. The lowest BCUT2D eigenvalue weighted by atomic mass is 10.0. The van der Waals surface area contributed by atoms with E-state index in [9.17, 15) is 9.90 Å². The van der Waals surface area contributed by atoms with Gasteiger partial charge in [0.1, 0.15) is 6.61 Å². The van der Waals surface area contributed by atoms with Crippen molar-refractivity contribution in [3.05, 3.63) is 65.5 Å². The highest BCUT2D eigenvalue weighted by Crippen LogP contribution is 2.40. The van der Waals surface area contributed by atoms with Gasteiger partial charge in [0.2, 0.25) is 5.91 Å². The van der Waals surface area contributed by atoms with Gasteiger partial charge in [-0.1, -0.05) is 48.2 Å². The van der Waals surface area contributed by atoms with Gasteiger partial charge in [0.25, 0.3) is 0 Å². The van der Waals surface area contributed by atoms with Crippen molar-refractivity contribution < 1.29 is 9.90 Å². The van der Waals surface area contributed by atoms with Crippen molar-refractivity contribution in [1.29, 1.82) is 0 Å². The molecule has 3 aromatic rings. The third-order valence-electron chi connectivity index (χ3n) is 5.49. The van der Waals surface area contributed by atoms with Crippen LogP contribution in [0.3, 0.4) is 0 Å². The number of benzene rings is 2. The maximum Gasteiger partial charge on any atom is 0.242 e. The number of rotatable bonds is 5. The van der Waals surface area contributed by atoms with E-state index in [0.29, 0.717) is 17.0 Å². The summed E-state index contributed by atoms with van der Waals surface area (Å²) in [6, 6.07) is 16.6. The molecule has 1 saturated carbocycles. The van der Waals surface area contributed by atoms with E-state index in [0.717, 1.165) is 37.1 Å². The van der Waals surface area contributed by atoms with Gasteiger partial charge in [-0.2, -0.15) is 0 Å². The Morgan fingerprint density at radius 3 is 2.21 bits per heavy atom. The number of amides is 1. The lowest BCUT2D eigenvalue weighted by molar-refractivity contribution is -0.115. The van der Waals surface area contributed by atoms with Crippen LogP contribution in [-0.2, 0) is 24.2 Å². The summed E-state index contributed by atoms with van der Waals surface area (Å²) in [6.45, 7) is -0.134. The highest BCUT2D eigenvalue weighted by Gasteiger charge is 2.31. The zero-order valence-electron chi connectivity index (χ0n) is 16.0. The summed E-state index contributed by atoms with van der Waals surface area (Å²) in [4.78, 5) is 15.3. The van der Waals surface area contributed by atoms with Crippen LogP contribution in [0.25, 0.3) is 0 Å². The lowest BCUT2D eigenvalue weighted by Crippen LogP contribution is -2.28. The zero-order chi connectivity index (χ0) is 19.8. The number of hydrogen-bond acceptors (Lipinski definition) is 5. The third kappa shape index (κ3) is 3.45. The predicted molar refractivity (Wildman–Crippen MR) is 112 cm³/mol. The fraction of sp³-hybridized carbons (Fsp3) is 0.318. The van der Waals surface area contributed by atoms with Gasteiger partial charge in [-0.3, -0.25) is 9.69 Å². The molecule has 0 saturated heterocycles. The smallest absolute Gasteiger partial charge is 0.242 e. The van der Waals surface area contributed by atoms with Gasteiger partial charge in [-0.15, -0.1) is 10.2 Å². The summed E-state index contributed by atoms with van der Waals surface area (Å²) in [5.74, 6) is 0.861. The van der Waals surface area contributed by atoms with Gasteiger partial charge in [0.05, 0.1) is 17.1 Å². The number of aliphatic hydroxyl groups excluding tert-OH is 1. The fourth-order valence-corrected chi connectivity index (χ4v) is 4.83. The second-order valence-corrected chi connectivity index (χ2v) is 8.38. The van der Waals surface area contributed by atoms with Crippen LogP contribution in [0.2, 0.25) is 0 Å². The van der Waals surface area contributed by atoms with E-state index in [1.165, 1.54) is 22.9 Å². The molecule has 29 heavy (non-hydrogen) atoms. The van der Waals surface area contributed by atoms with Crippen molar-refractivity contribution in [2.75, 3.05) is 10.7 Å². The first-order chi connectivity index (χ1) is 14.3. The van der Waals surface area contributed by atoms with E-state index in [4.69, 9.17) is 0 Å². The molecular formula is C22H22N4O2S. The summed E-state index contributed by atoms with van der Waals surface area (Å²) < 4.78 is 1.99. The summed E-state index contributed by atoms with van der Waals surface area (Å²) in [5, 5.41) is 18.5. The van der Waals surface area contributed by atoms with Gasteiger partial charge in [0, 0.05) is 6.04 Å². The number of carbonyl (C=O) groups excluding carboxylic acids is 1. The maximum absolute atomic E-state index is 13.4. The largest absolute Gasteiger partial charge is 0.388 e. The van der Waals surface area contributed by atoms with Crippen molar-refractivity contribution >= 4 is 29.0 Å². The Morgan fingerprint density at radius 1 is 1.00 bits per heavy atom. The molecule has 5 rings (SSSR count). The number of carbonyl (C=O) groups is 1. The topological polar surface area (TPSA) is 71.2 Å². The van der Waals surface area contributed by atoms with Crippen molar-refractivity contribution in [2.45, 2.75) is 43.5 Å². The summed E-state index contributed by atoms with van der Waals surface area (Å²) >= 11 is 1.40. The Morgan fingerprint density at radius 2 is 1.62 bits per heavy atom. The Bertz CT molecular complexity index is 1010. The minimum atomic E-state index is -0.134. The SMILES string of the molecule is O=C(CSc1nnc(CO)n1C1CC1)N1c2ccccc2CCc2ccccc21. The Labute approximate surface area is 173 Å². The van der Waals surface area contributed by atoms with E-state index < -0.39 is 0 Å². The molecule has 0 unspecified atom stereocenters. The van der Waals surface area contributed by atoms with Gasteiger partial charge >= 0.3 is 0 Å². The highest BCUT2D eigenvalue weighted by molar-refractivity contribution is 7.99. The molecule has 1 aliphatic carbocycles. The zero-order valence-corrected chi connectivity index (χ0v) is 16.8. The molecule has 1 amide bonds. The molecule has 0 radical (unpaired) electrons. The fourth-order valence-electron chi connectivity index (χ4n) is 3.95. The number of aliphatic hydroxyl groups is 1. The first-order valence-electron chi connectivity index (χ1n) is 9.92. The van der Waals surface area contributed by atoms with E-state index in [-0.39, 0.29) is 18.3 Å². The average molecular weight is 407 g/mol. The van der Waals surface area contributed by atoms with Gasteiger partial charge in [0.15, 0.2) is 11.0 Å². The van der Waals surface area contributed by atoms with Crippen molar-refractivity contribution in [3.8, 4) is 0 Å². The van der Waals surface area contributed by atoms with Crippen LogP contribution in [0, 0.1) is 0 Å². The molecule has 7 heteroatoms. The van der Waals surface area contributed by atoms with Gasteiger partial charge in [-0.25, -0.2) is 0 Å². The van der Waals surface area contributed by atoms with Crippen molar-refractivity contribution in [2.24, 2.45) is 0 Å². The van der Waals surface area contributed by atoms with Crippen LogP contribution < -0.4 is 4.90 Å². The lowest BCUT2D eigenvalue weighted by Gasteiger charge is -2.25. The molecule has 1 N–H and O–H groups in total. The number of nitrogens with zero attached hydrogens (tertiary/aromatic N) is 4. The number of para-hydroxylation sites is 2. The molecule has 1 fully saturated rings. The van der Waals surface area contributed by atoms with Crippen LogP contribution in [0.5, 0.6) is 0 Å². The molecular weight excluding hydrogens is 384 g/mol. The third-order valence-corrected chi connectivity index (χ3v) is 6.42. The minimum absolute atomic E-state index is 0.0210. The molecule has 0 atom stereocenters. The molecule has 2 aliphatic rings. The second-order valence-electron chi connectivity index (χ2n) is 7.43. The Kier molecular flexibility index (Phi) is 4.85. The molecule has 1 aliphatic heterocycles. The second kappa shape index (κ2) is 7.65. The van der Waals surface area contributed by atoms with E-state index >= 15 is 0 Å². The summed E-state index contributed by atoms with van der Waals surface area (Å²) in [5.41, 5.74) is 4.29. The first-order valence-corrected chi connectivity index (χ1v) is 10.9.